The summed E-state index contributed by atoms with van der Waals surface area (Å²) in [4.78, 5) is 4.14. The van der Waals surface area contributed by atoms with Gasteiger partial charge in [-0.15, -0.1) is 0 Å². The van der Waals surface area contributed by atoms with Crippen molar-refractivity contribution in [1.29, 1.82) is 0 Å². The molecule has 0 radical (unpaired) electrons. The number of anilines is 1. The van der Waals surface area contributed by atoms with E-state index in [4.69, 9.17) is 4.74 Å². The molecule has 1 aromatic heterocycles. The van der Waals surface area contributed by atoms with Gasteiger partial charge >= 0.3 is 0 Å². The molecule has 3 rings (SSSR count). The van der Waals surface area contributed by atoms with Crippen LogP contribution in [0.5, 0.6) is 0 Å². The molecule has 1 aliphatic rings. The number of para-hydroxylation sites is 2. The van der Waals surface area contributed by atoms with E-state index < -0.39 is 0 Å². The molecule has 112 valence electrons. The van der Waals surface area contributed by atoms with E-state index in [0.29, 0.717) is 12.1 Å². The normalized spacial score (nSPS) is 22.1. The van der Waals surface area contributed by atoms with Crippen molar-refractivity contribution in [3.8, 4) is 5.69 Å². The zero-order valence-corrected chi connectivity index (χ0v) is 12.5. The Hall–Kier alpha value is -1.81. The molecule has 2 aromatic rings. The van der Waals surface area contributed by atoms with Crippen LogP contribution in [0.3, 0.4) is 0 Å². The topological polar surface area (TPSA) is 39.1 Å². The number of hydrogen-bond acceptors (Lipinski definition) is 3. The standard InChI is InChI=1S/C17H23N3O/c1-2-5-15-12-14(8-11-21-15)19-16-6-3-4-7-17(16)20-10-9-18-13-20/h3-4,6-7,9-10,13-15,19H,2,5,8,11-12H2,1H3. The molecule has 2 unspecified atom stereocenters. The van der Waals surface area contributed by atoms with Crippen molar-refractivity contribution in [3.63, 3.8) is 0 Å². The number of imidazole rings is 1. The van der Waals surface area contributed by atoms with Crippen LogP contribution in [0.4, 0.5) is 5.69 Å². The number of rotatable bonds is 5. The van der Waals surface area contributed by atoms with Crippen molar-refractivity contribution in [1.82, 2.24) is 9.55 Å². The Kier molecular flexibility index (Phi) is 4.55. The molecular weight excluding hydrogens is 262 g/mol. The van der Waals surface area contributed by atoms with Gasteiger partial charge in [-0.05, 0) is 31.4 Å². The number of ether oxygens (including phenoxy) is 1. The van der Waals surface area contributed by atoms with Gasteiger partial charge < -0.3 is 14.6 Å². The molecule has 0 saturated carbocycles. The quantitative estimate of drug-likeness (QED) is 0.911. The summed E-state index contributed by atoms with van der Waals surface area (Å²) < 4.78 is 7.88. The largest absolute Gasteiger partial charge is 0.380 e. The summed E-state index contributed by atoms with van der Waals surface area (Å²) in [5.74, 6) is 0. The molecule has 0 amide bonds. The highest BCUT2D eigenvalue weighted by molar-refractivity contribution is 5.61. The number of aromatic nitrogens is 2. The van der Waals surface area contributed by atoms with Crippen LogP contribution in [0.15, 0.2) is 43.0 Å². The Morgan fingerprint density at radius 1 is 1.38 bits per heavy atom. The van der Waals surface area contributed by atoms with Crippen LogP contribution in [0, 0.1) is 0 Å². The lowest BCUT2D eigenvalue weighted by molar-refractivity contribution is 0.00598. The second kappa shape index (κ2) is 6.76. The monoisotopic (exact) mass is 285 g/mol. The van der Waals surface area contributed by atoms with Gasteiger partial charge in [0.2, 0.25) is 0 Å². The molecule has 0 bridgehead atoms. The van der Waals surface area contributed by atoms with Gasteiger partial charge in [-0.3, -0.25) is 0 Å². The van der Waals surface area contributed by atoms with Crippen LogP contribution in [-0.4, -0.2) is 28.3 Å². The summed E-state index contributed by atoms with van der Waals surface area (Å²) in [5, 5.41) is 3.70. The molecule has 0 aliphatic carbocycles. The lowest BCUT2D eigenvalue weighted by Gasteiger charge is -2.31. The predicted octanol–water partition coefficient (Wildman–Crippen LogP) is 3.63. The zero-order chi connectivity index (χ0) is 14.5. The minimum absolute atomic E-state index is 0.404. The molecule has 1 saturated heterocycles. The SMILES string of the molecule is CCCC1CC(Nc2ccccc2-n2ccnc2)CCO1. The van der Waals surface area contributed by atoms with Crippen molar-refractivity contribution >= 4 is 5.69 Å². The molecule has 4 heteroatoms. The van der Waals surface area contributed by atoms with Gasteiger partial charge in [-0.25, -0.2) is 4.98 Å². The average Bonchev–Trinajstić information content (AvgIpc) is 3.03. The Morgan fingerprint density at radius 2 is 2.29 bits per heavy atom. The van der Waals surface area contributed by atoms with Gasteiger partial charge in [0, 0.05) is 25.0 Å². The smallest absolute Gasteiger partial charge is 0.0992 e. The second-order valence-electron chi connectivity index (χ2n) is 5.63. The minimum Gasteiger partial charge on any atom is -0.380 e. The number of hydrogen-bond donors (Lipinski definition) is 1. The Morgan fingerprint density at radius 3 is 3.10 bits per heavy atom. The van der Waals surface area contributed by atoms with Gasteiger partial charge in [0.25, 0.3) is 0 Å². The van der Waals surface area contributed by atoms with Gasteiger partial charge in [-0.2, -0.15) is 0 Å². The van der Waals surface area contributed by atoms with E-state index in [1.54, 1.807) is 0 Å². The fraction of sp³-hybridized carbons (Fsp3) is 0.471. The van der Waals surface area contributed by atoms with Gasteiger partial charge in [-0.1, -0.05) is 25.5 Å². The number of benzene rings is 1. The summed E-state index contributed by atoms with van der Waals surface area (Å²) in [6, 6.07) is 8.88. The molecule has 2 heterocycles. The molecule has 1 fully saturated rings. The second-order valence-corrected chi connectivity index (χ2v) is 5.63. The minimum atomic E-state index is 0.404. The van der Waals surface area contributed by atoms with Crippen LogP contribution >= 0.6 is 0 Å². The van der Waals surface area contributed by atoms with Crippen molar-refractivity contribution in [2.45, 2.75) is 44.8 Å². The predicted molar refractivity (Wildman–Crippen MR) is 84.9 cm³/mol. The first-order valence-corrected chi connectivity index (χ1v) is 7.82. The van der Waals surface area contributed by atoms with E-state index in [9.17, 15) is 0 Å². The van der Waals surface area contributed by atoms with Crippen molar-refractivity contribution in [3.05, 3.63) is 43.0 Å². The van der Waals surface area contributed by atoms with E-state index in [1.807, 2.05) is 23.3 Å². The Bertz CT molecular complexity index is 551. The van der Waals surface area contributed by atoms with E-state index >= 15 is 0 Å². The van der Waals surface area contributed by atoms with Crippen LogP contribution < -0.4 is 5.32 Å². The molecule has 1 N–H and O–H groups in total. The van der Waals surface area contributed by atoms with E-state index in [0.717, 1.165) is 37.2 Å². The summed E-state index contributed by atoms with van der Waals surface area (Å²) in [6.07, 6.45) is 10.5. The third-order valence-electron chi connectivity index (χ3n) is 4.02. The third kappa shape index (κ3) is 3.45. The molecule has 21 heavy (non-hydrogen) atoms. The van der Waals surface area contributed by atoms with Crippen molar-refractivity contribution < 1.29 is 4.74 Å². The van der Waals surface area contributed by atoms with Crippen LogP contribution in [-0.2, 0) is 4.74 Å². The lowest BCUT2D eigenvalue weighted by Crippen LogP contribution is -2.34. The lowest BCUT2D eigenvalue weighted by atomic mass is 9.99. The summed E-state index contributed by atoms with van der Waals surface area (Å²) in [7, 11) is 0. The van der Waals surface area contributed by atoms with Crippen molar-refractivity contribution in [2.24, 2.45) is 0 Å². The average molecular weight is 285 g/mol. The maximum atomic E-state index is 5.83. The van der Waals surface area contributed by atoms with E-state index in [-0.39, 0.29) is 0 Å². The molecule has 0 spiro atoms. The summed E-state index contributed by atoms with van der Waals surface area (Å²) in [5.41, 5.74) is 2.31. The van der Waals surface area contributed by atoms with E-state index in [1.165, 1.54) is 6.42 Å². The fourth-order valence-electron chi connectivity index (χ4n) is 2.98. The maximum absolute atomic E-state index is 5.83. The summed E-state index contributed by atoms with van der Waals surface area (Å²) in [6.45, 7) is 3.07. The fourth-order valence-corrected chi connectivity index (χ4v) is 2.98. The van der Waals surface area contributed by atoms with Crippen LogP contribution in [0.2, 0.25) is 0 Å². The van der Waals surface area contributed by atoms with E-state index in [2.05, 4.69) is 41.5 Å². The summed E-state index contributed by atoms with van der Waals surface area (Å²) >= 11 is 0. The highest BCUT2D eigenvalue weighted by atomic mass is 16.5. The first-order chi connectivity index (χ1) is 10.4. The molecular formula is C17H23N3O. The highest BCUT2D eigenvalue weighted by Gasteiger charge is 2.22. The molecule has 4 nitrogen and oxygen atoms in total. The van der Waals surface area contributed by atoms with Crippen molar-refractivity contribution in [2.75, 3.05) is 11.9 Å². The molecule has 1 aliphatic heterocycles. The van der Waals surface area contributed by atoms with Gasteiger partial charge in [0.1, 0.15) is 0 Å². The molecule has 2 atom stereocenters. The first-order valence-electron chi connectivity index (χ1n) is 7.82. The number of nitrogens with one attached hydrogen (secondary N) is 1. The highest BCUT2D eigenvalue weighted by Crippen LogP contribution is 2.25. The van der Waals surface area contributed by atoms with Gasteiger partial charge in [0.05, 0.1) is 23.8 Å². The zero-order valence-electron chi connectivity index (χ0n) is 12.5. The molecule has 1 aromatic carbocycles. The van der Waals surface area contributed by atoms with Gasteiger partial charge in [0.15, 0.2) is 0 Å². The maximum Gasteiger partial charge on any atom is 0.0992 e. The number of nitrogens with zero attached hydrogens (tertiary/aromatic N) is 2. The van der Waals surface area contributed by atoms with Crippen LogP contribution in [0.25, 0.3) is 5.69 Å². The Balaban J connectivity index is 1.73. The van der Waals surface area contributed by atoms with Crippen LogP contribution in [0.1, 0.15) is 32.6 Å². The first kappa shape index (κ1) is 14.1. The third-order valence-corrected chi connectivity index (χ3v) is 4.02. The Labute approximate surface area is 126 Å².